The van der Waals surface area contributed by atoms with Crippen molar-refractivity contribution >= 4 is 23.6 Å². The standard InChI is InChI=1S/C23H21N3O7/c1-31-20-10-7-16(13-21(20)32-2)22(27)25-19(23(28)24-14-18-4-3-11-33-18)12-15-5-8-17(9-6-15)26(29)30/h3-13H,14H2,1-2H3,(H,24,28)(H,25,27)/b19-12-. The number of nitrogens with zero attached hydrogens (tertiary/aromatic N) is 1. The number of rotatable bonds is 9. The number of nitro groups is 1. The van der Waals surface area contributed by atoms with E-state index in [0.29, 0.717) is 22.8 Å². The molecule has 1 aromatic heterocycles. The molecule has 0 saturated heterocycles. The summed E-state index contributed by atoms with van der Waals surface area (Å²) in [6, 6.07) is 13.5. The molecule has 0 saturated carbocycles. The zero-order chi connectivity index (χ0) is 23.8. The second kappa shape index (κ2) is 10.6. The first-order valence-corrected chi connectivity index (χ1v) is 9.71. The van der Waals surface area contributed by atoms with Gasteiger partial charge in [-0.2, -0.15) is 0 Å². The molecule has 0 atom stereocenters. The second-order valence-electron chi connectivity index (χ2n) is 6.69. The molecule has 2 amide bonds. The lowest BCUT2D eigenvalue weighted by molar-refractivity contribution is -0.384. The minimum Gasteiger partial charge on any atom is -0.493 e. The maximum absolute atomic E-state index is 12.9. The Bertz CT molecular complexity index is 1170. The summed E-state index contributed by atoms with van der Waals surface area (Å²) < 4.78 is 15.6. The number of nitrogens with one attached hydrogen (secondary N) is 2. The number of ether oxygens (including phenoxy) is 2. The van der Waals surface area contributed by atoms with Crippen molar-refractivity contribution in [2.24, 2.45) is 0 Å². The number of carbonyl (C=O) groups is 2. The fourth-order valence-corrected chi connectivity index (χ4v) is 2.87. The summed E-state index contributed by atoms with van der Waals surface area (Å²) in [4.78, 5) is 36.0. The van der Waals surface area contributed by atoms with Gasteiger partial charge >= 0.3 is 0 Å². The van der Waals surface area contributed by atoms with E-state index in [2.05, 4.69) is 10.6 Å². The van der Waals surface area contributed by atoms with Crippen molar-refractivity contribution in [3.63, 3.8) is 0 Å². The Hall–Kier alpha value is -4.60. The van der Waals surface area contributed by atoms with Crippen LogP contribution in [0.4, 0.5) is 5.69 Å². The van der Waals surface area contributed by atoms with Gasteiger partial charge in [-0.15, -0.1) is 0 Å². The monoisotopic (exact) mass is 451 g/mol. The van der Waals surface area contributed by atoms with Gasteiger partial charge in [-0.25, -0.2) is 0 Å². The number of non-ortho nitro benzene ring substituents is 1. The molecular formula is C23H21N3O7. The van der Waals surface area contributed by atoms with E-state index in [1.165, 1.54) is 63.0 Å². The number of furan rings is 1. The molecule has 10 nitrogen and oxygen atoms in total. The van der Waals surface area contributed by atoms with Crippen LogP contribution in [0, 0.1) is 10.1 Å². The van der Waals surface area contributed by atoms with Gasteiger partial charge in [-0.05, 0) is 54.1 Å². The highest BCUT2D eigenvalue weighted by Crippen LogP contribution is 2.27. The van der Waals surface area contributed by atoms with Crippen molar-refractivity contribution in [1.29, 1.82) is 0 Å². The van der Waals surface area contributed by atoms with Gasteiger partial charge in [-0.3, -0.25) is 19.7 Å². The number of nitro benzene ring substituents is 1. The average Bonchev–Trinajstić information content (AvgIpc) is 3.35. The summed E-state index contributed by atoms with van der Waals surface area (Å²) in [5, 5.41) is 16.1. The van der Waals surface area contributed by atoms with Crippen LogP contribution in [-0.4, -0.2) is 31.0 Å². The van der Waals surface area contributed by atoms with E-state index in [0.717, 1.165) is 0 Å². The summed E-state index contributed by atoms with van der Waals surface area (Å²) in [7, 11) is 2.92. The largest absolute Gasteiger partial charge is 0.493 e. The molecule has 0 aliphatic heterocycles. The highest BCUT2D eigenvalue weighted by molar-refractivity contribution is 6.05. The van der Waals surface area contributed by atoms with Gasteiger partial charge in [0.1, 0.15) is 11.5 Å². The van der Waals surface area contributed by atoms with Crippen LogP contribution in [0.15, 0.2) is 71.0 Å². The molecule has 3 rings (SSSR count). The Kier molecular flexibility index (Phi) is 7.43. The molecule has 0 fully saturated rings. The molecule has 2 aromatic carbocycles. The lowest BCUT2D eigenvalue weighted by Gasteiger charge is -2.12. The molecule has 0 bridgehead atoms. The van der Waals surface area contributed by atoms with Crippen molar-refractivity contribution in [2.75, 3.05) is 14.2 Å². The second-order valence-corrected chi connectivity index (χ2v) is 6.69. The molecule has 10 heteroatoms. The lowest BCUT2D eigenvalue weighted by Crippen LogP contribution is -2.34. The Morgan fingerprint density at radius 1 is 1.06 bits per heavy atom. The Labute approximate surface area is 189 Å². The first-order valence-electron chi connectivity index (χ1n) is 9.71. The topological polar surface area (TPSA) is 133 Å². The Morgan fingerprint density at radius 2 is 1.79 bits per heavy atom. The molecule has 1 heterocycles. The molecule has 3 aromatic rings. The predicted molar refractivity (Wildman–Crippen MR) is 119 cm³/mol. The quantitative estimate of drug-likeness (QED) is 0.290. The van der Waals surface area contributed by atoms with Crippen LogP contribution in [0.5, 0.6) is 11.5 Å². The van der Waals surface area contributed by atoms with Crippen LogP contribution in [0.25, 0.3) is 6.08 Å². The number of hydrogen-bond donors (Lipinski definition) is 2. The van der Waals surface area contributed by atoms with E-state index in [4.69, 9.17) is 13.9 Å². The van der Waals surface area contributed by atoms with E-state index in [1.807, 2.05) is 0 Å². The molecule has 170 valence electrons. The molecule has 2 N–H and O–H groups in total. The van der Waals surface area contributed by atoms with Crippen molar-refractivity contribution in [3.05, 3.63) is 93.6 Å². The maximum Gasteiger partial charge on any atom is 0.269 e. The minimum absolute atomic E-state index is 0.0600. The SMILES string of the molecule is COc1ccc(C(=O)N/C(=C\c2ccc([N+](=O)[O-])cc2)C(=O)NCc2ccco2)cc1OC. The number of methoxy groups -OCH3 is 2. The number of hydrogen-bond acceptors (Lipinski definition) is 7. The van der Waals surface area contributed by atoms with E-state index in [-0.39, 0.29) is 23.5 Å². The van der Waals surface area contributed by atoms with E-state index < -0.39 is 16.7 Å². The van der Waals surface area contributed by atoms with Crippen LogP contribution < -0.4 is 20.1 Å². The summed E-state index contributed by atoms with van der Waals surface area (Å²) in [6.07, 6.45) is 2.90. The van der Waals surface area contributed by atoms with E-state index >= 15 is 0 Å². The van der Waals surface area contributed by atoms with Gasteiger partial charge < -0.3 is 24.5 Å². The number of benzene rings is 2. The van der Waals surface area contributed by atoms with Crippen molar-refractivity contribution in [1.82, 2.24) is 10.6 Å². The summed E-state index contributed by atoms with van der Waals surface area (Å²) in [5.74, 6) is 0.209. The molecule has 0 aliphatic carbocycles. The molecule has 0 spiro atoms. The highest BCUT2D eigenvalue weighted by Gasteiger charge is 2.17. The molecule has 33 heavy (non-hydrogen) atoms. The fraction of sp³-hybridized carbons (Fsp3) is 0.130. The fourth-order valence-electron chi connectivity index (χ4n) is 2.87. The van der Waals surface area contributed by atoms with E-state index in [9.17, 15) is 19.7 Å². The van der Waals surface area contributed by atoms with Crippen LogP contribution in [-0.2, 0) is 11.3 Å². The predicted octanol–water partition coefficient (Wildman–Crippen LogP) is 3.29. The van der Waals surface area contributed by atoms with Gasteiger partial charge in [0, 0.05) is 17.7 Å². The molecule has 0 radical (unpaired) electrons. The normalized spacial score (nSPS) is 10.9. The first kappa shape index (κ1) is 23.1. The summed E-state index contributed by atoms with van der Waals surface area (Å²) in [6.45, 7) is 0.107. The first-order chi connectivity index (χ1) is 15.9. The maximum atomic E-state index is 12.9. The minimum atomic E-state index is -0.571. The van der Waals surface area contributed by atoms with Gasteiger partial charge in [0.25, 0.3) is 17.5 Å². The lowest BCUT2D eigenvalue weighted by atomic mass is 10.1. The molecular weight excluding hydrogens is 430 g/mol. The average molecular weight is 451 g/mol. The summed E-state index contributed by atoms with van der Waals surface area (Å²) >= 11 is 0. The Balaban J connectivity index is 1.86. The van der Waals surface area contributed by atoms with Crippen LogP contribution >= 0.6 is 0 Å². The zero-order valence-electron chi connectivity index (χ0n) is 17.9. The van der Waals surface area contributed by atoms with Crippen LogP contribution in [0.2, 0.25) is 0 Å². The summed E-state index contributed by atoms with van der Waals surface area (Å²) in [5.41, 5.74) is 0.568. The van der Waals surface area contributed by atoms with Gasteiger partial charge in [0.05, 0.1) is 32.0 Å². The van der Waals surface area contributed by atoms with Crippen molar-refractivity contribution in [3.8, 4) is 11.5 Å². The highest BCUT2D eigenvalue weighted by atomic mass is 16.6. The van der Waals surface area contributed by atoms with Crippen LogP contribution in [0.3, 0.4) is 0 Å². The molecule has 0 unspecified atom stereocenters. The van der Waals surface area contributed by atoms with Crippen molar-refractivity contribution < 1.29 is 28.4 Å². The Morgan fingerprint density at radius 3 is 2.39 bits per heavy atom. The number of carbonyl (C=O) groups excluding carboxylic acids is 2. The smallest absolute Gasteiger partial charge is 0.269 e. The third-order valence-corrected chi connectivity index (χ3v) is 4.56. The zero-order valence-corrected chi connectivity index (χ0v) is 17.9. The van der Waals surface area contributed by atoms with Gasteiger partial charge in [0.2, 0.25) is 0 Å². The van der Waals surface area contributed by atoms with Crippen molar-refractivity contribution in [2.45, 2.75) is 6.54 Å². The van der Waals surface area contributed by atoms with Gasteiger partial charge in [0.15, 0.2) is 11.5 Å². The van der Waals surface area contributed by atoms with Gasteiger partial charge in [-0.1, -0.05) is 0 Å². The molecule has 0 aliphatic rings. The number of amides is 2. The third kappa shape index (κ3) is 5.97. The third-order valence-electron chi connectivity index (χ3n) is 4.56. The van der Waals surface area contributed by atoms with Crippen LogP contribution in [0.1, 0.15) is 21.7 Å². The van der Waals surface area contributed by atoms with E-state index in [1.54, 1.807) is 18.2 Å².